The molecule has 0 aliphatic heterocycles. The van der Waals surface area contributed by atoms with Crippen molar-refractivity contribution in [1.29, 1.82) is 0 Å². The molecule has 0 N–H and O–H groups in total. The number of sulfone groups is 1. The van der Waals surface area contributed by atoms with Crippen molar-refractivity contribution in [1.82, 2.24) is 4.98 Å². The van der Waals surface area contributed by atoms with Gasteiger partial charge in [0.15, 0.2) is 14.9 Å². The van der Waals surface area contributed by atoms with Gasteiger partial charge < -0.3 is 0 Å². The van der Waals surface area contributed by atoms with Gasteiger partial charge in [0.25, 0.3) is 0 Å². The molecule has 16 heavy (non-hydrogen) atoms. The molecule has 5 heteroatoms. The number of hydrogen-bond acceptors (Lipinski definition) is 3. The van der Waals surface area contributed by atoms with Crippen molar-refractivity contribution in [3.05, 3.63) is 36.5 Å². The van der Waals surface area contributed by atoms with E-state index in [-0.39, 0.29) is 16.7 Å². The Morgan fingerprint density at radius 1 is 1.19 bits per heavy atom. The standard InChI is InChI=1S/C11H10ClNO2S/c12-6-8-16(14,15)11-10-4-2-1-3-9(10)5-7-13-11/h1-5,7H,6,8H2. The molecule has 0 fully saturated rings. The average Bonchev–Trinajstić information content (AvgIpc) is 2.28. The minimum absolute atomic E-state index is 0.0766. The first-order valence-corrected chi connectivity index (χ1v) is 6.96. The van der Waals surface area contributed by atoms with Crippen molar-refractivity contribution in [3.63, 3.8) is 0 Å². The molecule has 1 aromatic carbocycles. The fourth-order valence-corrected chi connectivity index (χ4v) is 3.29. The molecule has 0 atom stereocenters. The third-order valence-corrected chi connectivity index (χ3v) is 4.35. The summed E-state index contributed by atoms with van der Waals surface area (Å²) in [5.74, 6) is -0.0111. The Balaban J connectivity index is 2.70. The summed E-state index contributed by atoms with van der Waals surface area (Å²) in [7, 11) is -3.38. The minimum Gasteiger partial charge on any atom is -0.244 e. The number of alkyl halides is 1. The summed E-state index contributed by atoms with van der Waals surface area (Å²) >= 11 is 5.48. The lowest BCUT2D eigenvalue weighted by Crippen LogP contribution is -2.10. The van der Waals surface area contributed by atoms with Gasteiger partial charge in [-0.05, 0) is 11.5 Å². The number of aromatic nitrogens is 1. The van der Waals surface area contributed by atoms with Gasteiger partial charge in [-0.25, -0.2) is 13.4 Å². The molecule has 84 valence electrons. The molecule has 2 aromatic rings. The van der Waals surface area contributed by atoms with Crippen LogP contribution in [-0.4, -0.2) is 25.0 Å². The first kappa shape index (κ1) is 11.4. The number of fused-ring (bicyclic) bond motifs is 1. The SMILES string of the molecule is O=S(=O)(CCCl)c1nccc2ccccc12. The number of halogens is 1. The maximum atomic E-state index is 11.9. The topological polar surface area (TPSA) is 47.0 Å². The summed E-state index contributed by atoms with van der Waals surface area (Å²) in [5.41, 5.74) is 0. The van der Waals surface area contributed by atoms with Gasteiger partial charge in [-0.2, -0.15) is 0 Å². The van der Waals surface area contributed by atoms with Crippen LogP contribution in [0.4, 0.5) is 0 Å². The van der Waals surface area contributed by atoms with Crippen molar-refractivity contribution in [2.75, 3.05) is 11.6 Å². The van der Waals surface area contributed by atoms with E-state index in [2.05, 4.69) is 4.98 Å². The van der Waals surface area contributed by atoms with Crippen LogP contribution >= 0.6 is 11.6 Å². The predicted octanol–water partition coefficient (Wildman–Crippen LogP) is 2.25. The van der Waals surface area contributed by atoms with E-state index >= 15 is 0 Å². The van der Waals surface area contributed by atoms with Gasteiger partial charge in [-0.3, -0.25) is 0 Å². The van der Waals surface area contributed by atoms with E-state index in [0.29, 0.717) is 5.39 Å². The first-order chi connectivity index (χ1) is 7.65. The Labute approximate surface area is 99.0 Å². The van der Waals surface area contributed by atoms with Crippen molar-refractivity contribution in [3.8, 4) is 0 Å². The molecule has 1 heterocycles. The fourth-order valence-electron chi connectivity index (χ4n) is 1.54. The summed E-state index contributed by atoms with van der Waals surface area (Å²) in [4.78, 5) is 3.95. The van der Waals surface area contributed by atoms with Crippen LogP contribution in [0.2, 0.25) is 0 Å². The second kappa shape index (κ2) is 4.39. The lowest BCUT2D eigenvalue weighted by Gasteiger charge is -2.05. The third kappa shape index (κ3) is 2.03. The Morgan fingerprint density at radius 2 is 1.94 bits per heavy atom. The normalized spacial score (nSPS) is 11.8. The van der Waals surface area contributed by atoms with Crippen LogP contribution in [-0.2, 0) is 9.84 Å². The molecule has 2 rings (SSSR count). The van der Waals surface area contributed by atoms with Gasteiger partial charge in [0.05, 0.1) is 5.75 Å². The van der Waals surface area contributed by atoms with Crippen LogP contribution in [0.3, 0.4) is 0 Å². The zero-order valence-corrected chi connectivity index (χ0v) is 10.0. The maximum absolute atomic E-state index is 11.9. The highest BCUT2D eigenvalue weighted by Crippen LogP contribution is 2.21. The number of benzene rings is 1. The molecule has 0 spiro atoms. The molecular formula is C11H10ClNO2S. The molecular weight excluding hydrogens is 246 g/mol. The van der Waals surface area contributed by atoms with Crippen LogP contribution in [0.25, 0.3) is 10.8 Å². The summed E-state index contributed by atoms with van der Waals surface area (Å²) in [6.07, 6.45) is 1.50. The predicted molar refractivity (Wildman–Crippen MR) is 64.5 cm³/mol. The highest BCUT2D eigenvalue weighted by atomic mass is 35.5. The highest BCUT2D eigenvalue weighted by molar-refractivity contribution is 7.91. The Morgan fingerprint density at radius 3 is 2.69 bits per heavy atom. The largest absolute Gasteiger partial charge is 0.244 e. The monoisotopic (exact) mass is 255 g/mol. The van der Waals surface area contributed by atoms with E-state index in [1.165, 1.54) is 6.20 Å². The van der Waals surface area contributed by atoms with E-state index in [1.54, 1.807) is 18.2 Å². The maximum Gasteiger partial charge on any atom is 0.197 e. The fraction of sp³-hybridized carbons (Fsp3) is 0.182. The molecule has 3 nitrogen and oxygen atoms in total. The van der Waals surface area contributed by atoms with Crippen molar-refractivity contribution in [2.45, 2.75) is 5.03 Å². The lowest BCUT2D eigenvalue weighted by atomic mass is 10.2. The zero-order chi connectivity index (χ0) is 11.6. The van der Waals surface area contributed by atoms with Crippen LogP contribution < -0.4 is 0 Å². The second-order valence-corrected chi connectivity index (χ2v) is 5.75. The van der Waals surface area contributed by atoms with E-state index < -0.39 is 9.84 Å². The van der Waals surface area contributed by atoms with E-state index in [0.717, 1.165) is 5.39 Å². The van der Waals surface area contributed by atoms with Gasteiger partial charge in [-0.1, -0.05) is 24.3 Å². The third-order valence-electron chi connectivity index (χ3n) is 2.28. The van der Waals surface area contributed by atoms with E-state index in [1.807, 2.05) is 12.1 Å². The van der Waals surface area contributed by atoms with Gasteiger partial charge in [-0.15, -0.1) is 11.6 Å². The van der Waals surface area contributed by atoms with Gasteiger partial charge in [0, 0.05) is 17.5 Å². The molecule has 1 aromatic heterocycles. The molecule has 0 aliphatic rings. The van der Waals surface area contributed by atoms with Crippen LogP contribution in [0.1, 0.15) is 0 Å². The van der Waals surface area contributed by atoms with E-state index in [4.69, 9.17) is 11.6 Å². The highest BCUT2D eigenvalue weighted by Gasteiger charge is 2.17. The molecule has 0 amide bonds. The molecule has 0 bridgehead atoms. The molecule has 0 saturated heterocycles. The Hall–Kier alpha value is -1.13. The molecule has 0 unspecified atom stereocenters. The summed E-state index contributed by atoms with van der Waals surface area (Å²) in [6, 6.07) is 9.05. The number of nitrogens with zero attached hydrogens (tertiary/aromatic N) is 1. The Kier molecular flexibility index (Phi) is 3.12. The summed E-state index contributed by atoms with van der Waals surface area (Å²) in [5, 5.41) is 1.63. The van der Waals surface area contributed by atoms with Crippen LogP contribution in [0.15, 0.2) is 41.6 Å². The average molecular weight is 256 g/mol. The minimum atomic E-state index is -3.38. The Bertz CT molecular complexity index is 605. The summed E-state index contributed by atoms with van der Waals surface area (Å²) in [6.45, 7) is 0. The second-order valence-electron chi connectivity index (χ2n) is 3.35. The zero-order valence-electron chi connectivity index (χ0n) is 8.43. The quantitative estimate of drug-likeness (QED) is 0.791. The van der Waals surface area contributed by atoms with Crippen LogP contribution in [0, 0.1) is 0 Å². The lowest BCUT2D eigenvalue weighted by molar-refractivity contribution is 0.595. The molecule has 0 aliphatic carbocycles. The van der Waals surface area contributed by atoms with Crippen molar-refractivity contribution >= 4 is 32.2 Å². The summed E-state index contributed by atoms with van der Waals surface area (Å²) < 4.78 is 23.8. The first-order valence-electron chi connectivity index (χ1n) is 4.77. The number of hydrogen-bond donors (Lipinski definition) is 0. The van der Waals surface area contributed by atoms with Crippen molar-refractivity contribution < 1.29 is 8.42 Å². The van der Waals surface area contributed by atoms with Crippen molar-refractivity contribution in [2.24, 2.45) is 0 Å². The van der Waals surface area contributed by atoms with Crippen LogP contribution in [0.5, 0.6) is 0 Å². The van der Waals surface area contributed by atoms with Gasteiger partial charge in [0.2, 0.25) is 0 Å². The molecule has 0 radical (unpaired) electrons. The smallest absolute Gasteiger partial charge is 0.197 e. The van der Waals surface area contributed by atoms with Gasteiger partial charge in [0.1, 0.15) is 0 Å². The van der Waals surface area contributed by atoms with Gasteiger partial charge >= 0.3 is 0 Å². The molecule has 0 saturated carbocycles. The number of pyridine rings is 1. The van der Waals surface area contributed by atoms with E-state index in [9.17, 15) is 8.42 Å². The number of rotatable bonds is 3.